The second-order valence-corrected chi connectivity index (χ2v) is 4.67. The Balaban J connectivity index is 2.47. The van der Waals surface area contributed by atoms with Crippen LogP contribution in [0.1, 0.15) is 19.3 Å². The predicted molar refractivity (Wildman–Crippen MR) is 62.6 cm³/mol. The van der Waals surface area contributed by atoms with E-state index in [1.165, 1.54) is 24.8 Å². The van der Waals surface area contributed by atoms with E-state index in [2.05, 4.69) is 11.9 Å². The van der Waals surface area contributed by atoms with E-state index in [1.54, 1.807) is 0 Å². The molecule has 0 aliphatic heterocycles. The molecule has 1 fully saturated rings. The highest BCUT2D eigenvalue weighted by atomic mass is 35.5. The Hall–Kier alpha value is 0.240. The van der Waals surface area contributed by atoms with E-state index in [1.807, 2.05) is 0 Å². The first-order valence-corrected chi connectivity index (χ1v) is 5.85. The molecule has 2 N–H and O–H groups in total. The standard InChI is InChI=1S/C10H18Cl2N2/c1-14(7-9(12)5-11)10-4-2-3-8(10)6-13/h5,8,10H,2-4,6-7,13H2,1H3. The third kappa shape index (κ3) is 3.13. The SMILES string of the molecule is CN(CC(Cl)=CCl)C1CCCC1CN. The van der Waals surface area contributed by atoms with Crippen molar-refractivity contribution in [3.8, 4) is 0 Å². The molecule has 4 heteroatoms. The van der Waals surface area contributed by atoms with Crippen molar-refractivity contribution >= 4 is 23.2 Å². The maximum atomic E-state index is 5.89. The van der Waals surface area contributed by atoms with Gasteiger partial charge in [0.1, 0.15) is 0 Å². The van der Waals surface area contributed by atoms with Crippen LogP contribution >= 0.6 is 23.2 Å². The maximum absolute atomic E-state index is 5.89. The number of hydrogen-bond acceptors (Lipinski definition) is 2. The van der Waals surface area contributed by atoms with Crippen LogP contribution < -0.4 is 5.73 Å². The molecule has 1 aliphatic rings. The Morgan fingerprint density at radius 3 is 2.86 bits per heavy atom. The summed E-state index contributed by atoms with van der Waals surface area (Å²) in [6.45, 7) is 1.50. The first kappa shape index (κ1) is 12.3. The Kier molecular flexibility index (Phi) is 5.24. The molecule has 0 bridgehead atoms. The van der Waals surface area contributed by atoms with Crippen LogP contribution in [-0.4, -0.2) is 31.1 Å². The summed E-state index contributed by atoms with van der Waals surface area (Å²) in [5.74, 6) is 0.625. The van der Waals surface area contributed by atoms with Crippen molar-refractivity contribution in [2.45, 2.75) is 25.3 Å². The Bertz CT molecular complexity index is 206. The van der Waals surface area contributed by atoms with E-state index < -0.39 is 0 Å². The fourth-order valence-corrected chi connectivity index (χ4v) is 2.52. The van der Waals surface area contributed by atoms with Gasteiger partial charge >= 0.3 is 0 Å². The Labute approximate surface area is 96.0 Å². The zero-order chi connectivity index (χ0) is 10.6. The van der Waals surface area contributed by atoms with Crippen molar-refractivity contribution in [2.75, 3.05) is 20.1 Å². The van der Waals surface area contributed by atoms with Gasteiger partial charge in [-0.3, -0.25) is 4.90 Å². The molecular formula is C10H18Cl2N2. The summed E-state index contributed by atoms with van der Waals surface area (Å²) in [5, 5.41) is 0.692. The topological polar surface area (TPSA) is 29.3 Å². The van der Waals surface area contributed by atoms with Crippen LogP contribution in [0.4, 0.5) is 0 Å². The van der Waals surface area contributed by atoms with Crippen LogP contribution in [0.25, 0.3) is 0 Å². The van der Waals surface area contributed by atoms with Crippen LogP contribution in [0.3, 0.4) is 0 Å². The van der Waals surface area contributed by atoms with Gasteiger partial charge in [0, 0.05) is 23.2 Å². The van der Waals surface area contributed by atoms with E-state index >= 15 is 0 Å². The number of rotatable bonds is 4. The molecular weight excluding hydrogens is 219 g/mol. The lowest BCUT2D eigenvalue weighted by Gasteiger charge is -2.28. The maximum Gasteiger partial charge on any atom is 0.0434 e. The quantitative estimate of drug-likeness (QED) is 0.813. The van der Waals surface area contributed by atoms with E-state index in [9.17, 15) is 0 Å². The summed E-state index contributed by atoms with van der Waals surface area (Å²) in [4.78, 5) is 2.26. The van der Waals surface area contributed by atoms with Gasteiger partial charge in [0.2, 0.25) is 0 Å². The number of hydrogen-bond donors (Lipinski definition) is 1. The van der Waals surface area contributed by atoms with Gasteiger partial charge in [0.05, 0.1) is 0 Å². The van der Waals surface area contributed by atoms with Gasteiger partial charge in [-0.25, -0.2) is 0 Å². The lowest BCUT2D eigenvalue weighted by Crippen LogP contribution is -2.38. The summed E-state index contributed by atoms with van der Waals surface area (Å²) in [5.41, 5.74) is 7.16. The molecule has 0 saturated heterocycles. The van der Waals surface area contributed by atoms with E-state index in [0.717, 1.165) is 13.1 Å². The summed E-state index contributed by atoms with van der Waals surface area (Å²) >= 11 is 11.4. The monoisotopic (exact) mass is 236 g/mol. The van der Waals surface area contributed by atoms with Crippen molar-refractivity contribution in [1.82, 2.24) is 4.90 Å². The molecule has 1 aliphatic carbocycles. The largest absolute Gasteiger partial charge is 0.330 e. The Morgan fingerprint density at radius 2 is 2.29 bits per heavy atom. The smallest absolute Gasteiger partial charge is 0.0434 e. The molecule has 0 aromatic heterocycles. The molecule has 0 heterocycles. The van der Waals surface area contributed by atoms with Gasteiger partial charge in [0.15, 0.2) is 0 Å². The van der Waals surface area contributed by atoms with E-state index in [0.29, 0.717) is 17.0 Å². The molecule has 2 unspecified atom stereocenters. The van der Waals surface area contributed by atoms with Crippen molar-refractivity contribution in [3.05, 3.63) is 10.6 Å². The number of likely N-dealkylation sites (N-methyl/N-ethyl adjacent to an activating group) is 1. The first-order valence-electron chi connectivity index (χ1n) is 5.04. The summed E-state index contributed by atoms with van der Waals surface area (Å²) in [6.07, 6.45) is 3.75. The molecule has 14 heavy (non-hydrogen) atoms. The van der Waals surface area contributed by atoms with Gasteiger partial charge in [-0.2, -0.15) is 0 Å². The van der Waals surface area contributed by atoms with Crippen molar-refractivity contribution in [3.63, 3.8) is 0 Å². The number of nitrogens with two attached hydrogens (primary N) is 1. The molecule has 2 nitrogen and oxygen atoms in total. The first-order chi connectivity index (χ1) is 6.69. The number of halogens is 2. The fraction of sp³-hybridized carbons (Fsp3) is 0.800. The average Bonchev–Trinajstić information content (AvgIpc) is 2.65. The van der Waals surface area contributed by atoms with Crippen LogP contribution in [0.2, 0.25) is 0 Å². The molecule has 0 aromatic carbocycles. The minimum Gasteiger partial charge on any atom is -0.330 e. The van der Waals surface area contributed by atoms with Crippen molar-refractivity contribution < 1.29 is 0 Å². The molecule has 0 spiro atoms. The highest BCUT2D eigenvalue weighted by Gasteiger charge is 2.29. The predicted octanol–water partition coefficient (Wildman–Crippen LogP) is 2.36. The van der Waals surface area contributed by atoms with Crippen LogP contribution in [0, 0.1) is 5.92 Å². The summed E-state index contributed by atoms with van der Waals surface area (Å²) < 4.78 is 0. The zero-order valence-electron chi connectivity index (χ0n) is 8.55. The molecule has 0 aromatic rings. The van der Waals surface area contributed by atoms with Gasteiger partial charge < -0.3 is 5.73 Å². The van der Waals surface area contributed by atoms with Crippen LogP contribution in [0.5, 0.6) is 0 Å². The summed E-state index contributed by atoms with van der Waals surface area (Å²) in [6, 6.07) is 0.574. The second kappa shape index (κ2) is 5.96. The highest BCUT2D eigenvalue weighted by molar-refractivity contribution is 6.36. The molecule has 0 amide bonds. The fourth-order valence-electron chi connectivity index (χ4n) is 2.26. The lowest BCUT2D eigenvalue weighted by molar-refractivity contribution is 0.218. The minimum absolute atomic E-state index is 0.574. The molecule has 0 radical (unpaired) electrons. The molecule has 2 atom stereocenters. The van der Waals surface area contributed by atoms with E-state index in [4.69, 9.17) is 28.9 Å². The van der Waals surface area contributed by atoms with Crippen molar-refractivity contribution in [2.24, 2.45) is 11.7 Å². The molecule has 82 valence electrons. The zero-order valence-corrected chi connectivity index (χ0v) is 10.1. The van der Waals surface area contributed by atoms with Crippen LogP contribution in [0.15, 0.2) is 10.6 Å². The Morgan fingerprint density at radius 1 is 1.57 bits per heavy atom. The van der Waals surface area contributed by atoms with Crippen LogP contribution in [-0.2, 0) is 0 Å². The van der Waals surface area contributed by atoms with Gasteiger partial charge in [0.25, 0.3) is 0 Å². The van der Waals surface area contributed by atoms with Gasteiger partial charge in [-0.15, -0.1) is 0 Å². The normalized spacial score (nSPS) is 28.8. The van der Waals surface area contributed by atoms with E-state index in [-0.39, 0.29) is 0 Å². The molecule has 1 rings (SSSR count). The lowest BCUT2D eigenvalue weighted by atomic mass is 10.0. The van der Waals surface area contributed by atoms with Gasteiger partial charge in [-0.05, 0) is 32.4 Å². The molecule has 1 saturated carbocycles. The minimum atomic E-state index is 0.574. The third-order valence-electron chi connectivity index (χ3n) is 3.01. The van der Waals surface area contributed by atoms with Crippen molar-refractivity contribution in [1.29, 1.82) is 0 Å². The average molecular weight is 237 g/mol. The second-order valence-electron chi connectivity index (χ2n) is 3.97. The third-order valence-corrected chi connectivity index (χ3v) is 3.61. The number of nitrogens with zero attached hydrogens (tertiary/aromatic N) is 1. The van der Waals surface area contributed by atoms with Gasteiger partial charge in [-0.1, -0.05) is 29.6 Å². The summed E-state index contributed by atoms with van der Waals surface area (Å²) in [7, 11) is 2.08. The highest BCUT2D eigenvalue weighted by Crippen LogP contribution is 2.29.